The Morgan fingerprint density at radius 2 is 1.15 bits per heavy atom. The average Bonchev–Trinajstić information content (AvgIpc) is 2.89. The van der Waals surface area contributed by atoms with Crippen molar-refractivity contribution in [3.63, 3.8) is 0 Å². The Morgan fingerprint density at radius 3 is 1.65 bits per heavy atom. The molecule has 0 radical (unpaired) electrons. The van der Waals surface area contributed by atoms with Gasteiger partial charge in [-0.1, -0.05) is 91.0 Å². The molecule has 1 N–H and O–H groups in total. The van der Waals surface area contributed by atoms with Crippen molar-refractivity contribution in [2.45, 2.75) is 44.6 Å². The SMILES string of the molecule is C[C@@H]1CN(CCOC(c2ccccc2)c2ccccc2)[C@@H](C)CN1CC[C@@H](O)c1ccccc1. The monoisotopic (exact) mass is 458 g/mol. The normalized spacial score (nSPS) is 20.5. The molecule has 3 aromatic rings. The third-order valence-corrected chi connectivity index (χ3v) is 6.99. The summed E-state index contributed by atoms with van der Waals surface area (Å²) in [6.45, 7) is 9.16. The first-order valence-corrected chi connectivity index (χ1v) is 12.5. The number of aliphatic hydroxyl groups is 1. The maximum Gasteiger partial charge on any atom is 0.108 e. The predicted molar refractivity (Wildman–Crippen MR) is 139 cm³/mol. The second kappa shape index (κ2) is 12.3. The van der Waals surface area contributed by atoms with Gasteiger partial charge in [-0.2, -0.15) is 0 Å². The second-order valence-electron chi connectivity index (χ2n) is 9.48. The van der Waals surface area contributed by atoms with Gasteiger partial charge in [-0.3, -0.25) is 9.80 Å². The molecule has 0 aliphatic carbocycles. The topological polar surface area (TPSA) is 35.9 Å². The molecule has 4 heteroatoms. The number of rotatable bonds is 10. The Bertz CT molecular complexity index is 927. The van der Waals surface area contributed by atoms with Crippen LogP contribution in [0.25, 0.3) is 0 Å². The Balaban J connectivity index is 1.28. The van der Waals surface area contributed by atoms with Crippen molar-refractivity contribution in [2.24, 2.45) is 0 Å². The summed E-state index contributed by atoms with van der Waals surface area (Å²) in [5.74, 6) is 0. The molecule has 1 aliphatic rings. The van der Waals surface area contributed by atoms with Gasteiger partial charge in [-0.05, 0) is 37.0 Å². The Hall–Kier alpha value is -2.50. The van der Waals surface area contributed by atoms with E-state index in [2.05, 4.69) is 72.2 Å². The van der Waals surface area contributed by atoms with Crippen LogP contribution in [0.4, 0.5) is 0 Å². The van der Waals surface area contributed by atoms with Crippen LogP contribution >= 0.6 is 0 Å². The zero-order chi connectivity index (χ0) is 23.8. The molecule has 180 valence electrons. The van der Waals surface area contributed by atoms with E-state index in [4.69, 9.17) is 4.74 Å². The van der Waals surface area contributed by atoms with Crippen LogP contribution in [-0.4, -0.2) is 59.8 Å². The van der Waals surface area contributed by atoms with Gasteiger partial charge in [0, 0.05) is 38.3 Å². The van der Waals surface area contributed by atoms with Crippen LogP contribution in [0.1, 0.15) is 49.2 Å². The third-order valence-electron chi connectivity index (χ3n) is 6.99. The van der Waals surface area contributed by atoms with E-state index in [1.165, 1.54) is 11.1 Å². The largest absolute Gasteiger partial charge is 0.388 e. The van der Waals surface area contributed by atoms with Crippen LogP contribution in [-0.2, 0) is 4.74 Å². The Kier molecular flexibility index (Phi) is 8.89. The molecule has 0 bridgehead atoms. The molecule has 1 fully saturated rings. The summed E-state index contributed by atoms with van der Waals surface area (Å²) in [7, 11) is 0. The highest BCUT2D eigenvalue weighted by atomic mass is 16.5. The lowest BCUT2D eigenvalue weighted by Gasteiger charge is -2.44. The van der Waals surface area contributed by atoms with Crippen molar-refractivity contribution in [3.8, 4) is 0 Å². The van der Waals surface area contributed by atoms with Crippen molar-refractivity contribution in [2.75, 3.05) is 32.8 Å². The minimum absolute atomic E-state index is 0.0455. The van der Waals surface area contributed by atoms with Crippen LogP contribution in [0, 0.1) is 0 Å². The average molecular weight is 459 g/mol. The third kappa shape index (κ3) is 6.55. The van der Waals surface area contributed by atoms with E-state index in [1.54, 1.807) is 0 Å². The number of benzene rings is 3. The number of piperazine rings is 1. The molecule has 0 spiro atoms. The molecule has 3 atom stereocenters. The fraction of sp³-hybridized carbons (Fsp3) is 0.400. The van der Waals surface area contributed by atoms with E-state index in [0.29, 0.717) is 18.7 Å². The van der Waals surface area contributed by atoms with Crippen LogP contribution in [0.3, 0.4) is 0 Å². The van der Waals surface area contributed by atoms with E-state index in [1.807, 2.05) is 42.5 Å². The first kappa shape index (κ1) is 24.6. The number of hydrogen-bond acceptors (Lipinski definition) is 4. The molecule has 34 heavy (non-hydrogen) atoms. The fourth-order valence-electron chi connectivity index (χ4n) is 4.95. The molecule has 1 aliphatic heterocycles. The summed E-state index contributed by atoms with van der Waals surface area (Å²) in [4.78, 5) is 5.06. The molecule has 1 saturated heterocycles. The predicted octanol–water partition coefficient (Wildman–Crippen LogP) is 5.31. The minimum atomic E-state index is -0.400. The van der Waals surface area contributed by atoms with E-state index in [-0.39, 0.29) is 6.10 Å². The van der Waals surface area contributed by atoms with Crippen LogP contribution in [0.15, 0.2) is 91.0 Å². The van der Waals surface area contributed by atoms with E-state index >= 15 is 0 Å². The highest BCUT2D eigenvalue weighted by molar-refractivity contribution is 5.29. The maximum absolute atomic E-state index is 10.6. The minimum Gasteiger partial charge on any atom is -0.388 e. The molecule has 3 aromatic carbocycles. The zero-order valence-corrected chi connectivity index (χ0v) is 20.5. The van der Waals surface area contributed by atoms with Crippen molar-refractivity contribution in [1.82, 2.24) is 9.80 Å². The standard InChI is InChI=1S/C30H38N2O2/c1-24-23-32(25(2)22-31(24)19-18-29(33)26-12-6-3-7-13-26)20-21-34-30(27-14-8-4-9-15-27)28-16-10-5-11-17-28/h3-17,24-25,29-30,33H,18-23H2,1-2H3/t24-,25+,29-/m1/s1. The lowest BCUT2D eigenvalue weighted by atomic mass is 10.0. The van der Waals surface area contributed by atoms with E-state index < -0.39 is 6.10 Å². The van der Waals surface area contributed by atoms with Gasteiger partial charge in [0.1, 0.15) is 6.10 Å². The van der Waals surface area contributed by atoms with E-state index in [9.17, 15) is 5.11 Å². The van der Waals surface area contributed by atoms with Crippen molar-refractivity contribution in [3.05, 3.63) is 108 Å². The van der Waals surface area contributed by atoms with Gasteiger partial charge in [0.05, 0.1) is 12.7 Å². The molecule has 0 aromatic heterocycles. The smallest absolute Gasteiger partial charge is 0.108 e. The molecular formula is C30H38N2O2. The van der Waals surface area contributed by atoms with Gasteiger partial charge in [0.25, 0.3) is 0 Å². The summed E-state index contributed by atoms with van der Waals surface area (Å²) in [5, 5.41) is 10.6. The molecule has 1 heterocycles. The summed E-state index contributed by atoms with van der Waals surface area (Å²) < 4.78 is 6.47. The van der Waals surface area contributed by atoms with Crippen molar-refractivity contribution in [1.29, 1.82) is 0 Å². The second-order valence-corrected chi connectivity index (χ2v) is 9.48. The highest BCUT2D eigenvalue weighted by Gasteiger charge is 2.29. The van der Waals surface area contributed by atoms with Gasteiger partial charge in [0.15, 0.2) is 0 Å². The van der Waals surface area contributed by atoms with E-state index in [0.717, 1.165) is 38.2 Å². The quantitative estimate of drug-likeness (QED) is 0.447. The summed E-state index contributed by atoms with van der Waals surface area (Å²) in [5.41, 5.74) is 3.39. The highest BCUT2D eigenvalue weighted by Crippen LogP contribution is 2.26. The summed E-state index contributed by atoms with van der Waals surface area (Å²) >= 11 is 0. The van der Waals surface area contributed by atoms with Gasteiger partial charge in [0.2, 0.25) is 0 Å². The number of hydrogen-bond donors (Lipinski definition) is 1. The molecule has 0 unspecified atom stereocenters. The number of aliphatic hydroxyl groups excluding tert-OH is 1. The number of nitrogens with zero attached hydrogens (tertiary/aromatic N) is 2. The molecule has 0 amide bonds. The first-order chi connectivity index (χ1) is 16.6. The fourth-order valence-corrected chi connectivity index (χ4v) is 4.95. The zero-order valence-electron chi connectivity index (χ0n) is 20.5. The summed E-state index contributed by atoms with van der Waals surface area (Å²) in [6, 6.07) is 31.9. The van der Waals surface area contributed by atoms with Gasteiger partial charge in [-0.15, -0.1) is 0 Å². The molecule has 4 rings (SSSR count). The van der Waals surface area contributed by atoms with Crippen LogP contribution in [0.2, 0.25) is 0 Å². The Morgan fingerprint density at radius 1 is 0.706 bits per heavy atom. The molecular weight excluding hydrogens is 420 g/mol. The Labute approximate surface area is 204 Å². The lowest BCUT2D eigenvalue weighted by Crippen LogP contribution is -2.57. The molecule has 0 saturated carbocycles. The van der Waals surface area contributed by atoms with Crippen LogP contribution < -0.4 is 0 Å². The van der Waals surface area contributed by atoms with Crippen molar-refractivity contribution >= 4 is 0 Å². The first-order valence-electron chi connectivity index (χ1n) is 12.5. The lowest BCUT2D eigenvalue weighted by molar-refractivity contribution is 0.00245. The van der Waals surface area contributed by atoms with Gasteiger partial charge < -0.3 is 9.84 Å². The number of ether oxygens (including phenoxy) is 1. The summed E-state index contributed by atoms with van der Waals surface area (Å²) in [6.07, 6.45) is 0.318. The van der Waals surface area contributed by atoms with Gasteiger partial charge >= 0.3 is 0 Å². The maximum atomic E-state index is 10.6. The van der Waals surface area contributed by atoms with Crippen LogP contribution in [0.5, 0.6) is 0 Å². The van der Waals surface area contributed by atoms with Gasteiger partial charge in [-0.25, -0.2) is 0 Å². The van der Waals surface area contributed by atoms with Crippen molar-refractivity contribution < 1.29 is 9.84 Å². The molecule has 4 nitrogen and oxygen atoms in total.